The lowest BCUT2D eigenvalue weighted by molar-refractivity contribution is -0.124. The Morgan fingerprint density at radius 3 is 2.88 bits per heavy atom. The number of hydrogen-bond acceptors (Lipinski definition) is 5. The third kappa shape index (κ3) is 3.69. The highest BCUT2D eigenvalue weighted by atomic mass is 16.7. The summed E-state index contributed by atoms with van der Waals surface area (Å²) >= 11 is 0. The van der Waals surface area contributed by atoms with Crippen molar-refractivity contribution in [1.82, 2.24) is 9.55 Å². The molecule has 1 aromatic heterocycles. The zero-order valence-corrected chi connectivity index (χ0v) is 18.8. The molecule has 1 atom stereocenters. The van der Waals surface area contributed by atoms with Gasteiger partial charge in [-0.05, 0) is 56.4 Å². The summed E-state index contributed by atoms with van der Waals surface area (Å²) in [6.07, 6.45) is 7.84. The lowest BCUT2D eigenvalue weighted by Crippen LogP contribution is -2.32. The van der Waals surface area contributed by atoms with Crippen LogP contribution in [0, 0.1) is 0 Å². The molecule has 1 unspecified atom stereocenters. The van der Waals surface area contributed by atoms with Gasteiger partial charge in [-0.15, -0.1) is 0 Å². The van der Waals surface area contributed by atoms with E-state index in [4.69, 9.17) is 14.5 Å². The second-order valence-corrected chi connectivity index (χ2v) is 8.95. The molecule has 2 aromatic carbocycles. The van der Waals surface area contributed by atoms with Gasteiger partial charge in [-0.2, -0.15) is 0 Å². The first kappa shape index (κ1) is 20.8. The van der Waals surface area contributed by atoms with Gasteiger partial charge >= 0.3 is 0 Å². The number of amides is 2. The minimum atomic E-state index is -0.628. The molecular weight excluding hydrogens is 432 g/mol. The molecule has 0 radical (unpaired) electrons. The molecule has 0 bridgehead atoms. The number of benzene rings is 2. The largest absolute Gasteiger partial charge is 0.454 e. The Labute approximate surface area is 197 Å². The number of carbonyl (C=O) groups excluding carboxylic acids is 2. The molecule has 0 fully saturated rings. The number of allylic oxidation sites excluding steroid dienone is 1. The molecule has 6 rings (SSSR count). The minimum Gasteiger partial charge on any atom is -0.454 e. The standard InChI is InChI=1S/C26H26N4O4/c31-24(27-18-10-11-22-23(14-18)34-16-33-22)15-21-25(32)29(13-12-17-6-2-1-3-7-17)26-28-19-8-4-5-9-20(19)30(21)26/h4-6,8-11,14,21H,1-3,7,12-13,15-16H2,(H,27,31). The summed E-state index contributed by atoms with van der Waals surface area (Å²) in [5.74, 6) is 1.56. The van der Waals surface area contributed by atoms with Crippen molar-refractivity contribution >= 4 is 34.5 Å². The van der Waals surface area contributed by atoms with E-state index in [-0.39, 0.29) is 25.0 Å². The quantitative estimate of drug-likeness (QED) is 0.547. The summed E-state index contributed by atoms with van der Waals surface area (Å²) in [6.45, 7) is 0.751. The maximum Gasteiger partial charge on any atom is 0.253 e. The van der Waals surface area contributed by atoms with E-state index in [2.05, 4.69) is 11.4 Å². The van der Waals surface area contributed by atoms with Crippen molar-refractivity contribution in [2.45, 2.75) is 44.6 Å². The predicted molar refractivity (Wildman–Crippen MR) is 128 cm³/mol. The summed E-state index contributed by atoms with van der Waals surface area (Å²) in [7, 11) is 0. The average molecular weight is 459 g/mol. The van der Waals surface area contributed by atoms with Gasteiger partial charge in [0.05, 0.1) is 17.5 Å². The summed E-state index contributed by atoms with van der Waals surface area (Å²) in [5.41, 5.74) is 3.71. The Kier molecular flexibility index (Phi) is 5.20. The van der Waals surface area contributed by atoms with Gasteiger partial charge in [-0.3, -0.25) is 19.1 Å². The molecule has 174 valence electrons. The third-order valence-corrected chi connectivity index (χ3v) is 6.76. The van der Waals surface area contributed by atoms with Gasteiger partial charge in [0.1, 0.15) is 6.04 Å². The third-order valence-electron chi connectivity index (χ3n) is 6.76. The van der Waals surface area contributed by atoms with Crippen LogP contribution >= 0.6 is 0 Å². The first-order valence-electron chi connectivity index (χ1n) is 11.8. The van der Waals surface area contributed by atoms with Gasteiger partial charge < -0.3 is 14.8 Å². The smallest absolute Gasteiger partial charge is 0.253 e. The molecule has 8 heteroatoms. The fourth-order valence-electron chi connectivity index (χ4n) is 5.06. The summed E-state index contributed by atoms with van der Waals surface area (Å²) in [6, 6.07) is 12.4. The molecule has 1 aliphatic carbocycles. The number of aromatic nitrogens is 2. The van der Waals surface area contributed by atoms with Crippen molar-refractivity contribution < 1.29 is 19.1 Å². The van der Waals surface area contributed by atoms with Crippen LogP contribution in [0.3, 0.4) is 0 Å². The zero-order chi connectivity index (χ0) is 23.1. The fraction of sp³-hybridized carbons (Fsp3) is 0.346. The lowest BCUT2D eigenvalue weighted by Gasteiger charge is -2.18. The number of rotatable bonds is 6. The van der Waals surface area contributed by atoms with Gasteiger partial charge in [0.25, 0.3) is 5.91 Å². The number of nitrogens with one attached hydrogen (secondary N) is 1. The van der Waals surface area contributed by atoms with Crippen LogP contribution in [0.1, 0.15) is 44.6 Å². The summed E-state index contributed by atoms with van der Waals surface area (Å²) in [4.78, 5) is 33.0. The number of hydrogen-bond donors (Lipinski definition) is 1. The molecule has 8 nitrogen and oxygen atoms in total. The molecule has 3 heterocycles. The second kappa shape index (κ2) is 8.52. The first-order valence-corrected chi connectivity index (χ1v) is 11.8. The van der Waals surface area contributed by atoms with Crippen LogP contribution in [-0.2, 0) is 9.59 Å². The van der Waals surface area contributed by atoms with Crippen LogP contribution in [0.5, 0.6) is 11.5 Å². The molecule has 0 spiro atoms. The van der Waals surface area contributed by atoms with Crippen molar-refractivity contribution in [1.29, 1.82) is 0 Å². The van der Waals surface area contributed by atoms with E-state index in [0.717, 1.165) is 30.3 Å². The molecule has 34 heavy (non-hydrogen) atoms. The van der Waals surface area contributed by atoms with Crippen LogP contribution in [0.4, 0.5) is 11.6 Å². The maximum atomic E-state index is 13.5. The Balaban J connectivity index is 1.24. The number of carbonyl (C=O) groups is 2. The predicted octanol–water partition coefficient (Wildman–Crippen LogP) is 4.57. The molecule has 2 aliphatic heterocycles. The highest BCUT2D eigenvalue weighted by molar-refractivity contribution is 6.05. The van der Waals surface area contributed by atoms with E-state index >= 15 is 0 Å². The molecule has 3 aliphatic rings. The highest BCUT2D eigenvalue weighted by Gasteiger charge is 2.40. The number of para-hydroxylation sites is 2. The Bertz CT molecular complexity index is 1310. The number of fused-ring (bicyclic) bond motifs is 4. The Hall–Kier alpha value is -3.81. The molecule has 2 amide bonds. The van der Waals surface area contributed by atoms with Crippen LogP contribution < -0.4 is 19.7 Å². The normalized spacial score (nSPS) is 18.8. The molecule has 0 saturated heterocycles. The average Bonchev–Trinajstić information content (AvgIpc) is 3.53. The summed E-state index contributed by atoms with van der Waals surface area (Å²) < 4.78 is 12.6. The first-order chi connectivity index (χ1) is 16.7. The molecule has 1 N–H and O–H groups in total. The van der Waals surface area contributed by atoms with E-state index in [9.17, 15) is 9.59 Å². The zero-order valence-electron chi connectivity index (χ0n) is 18.8. The monoisotopic (exact) mass is 458 g/mol. The number of imidazole rings is 1. The maximum absolute atomic E-state index is 13.5. The fourth-order valence-corrected chi connectivity index (χ4v) is 5.06. The minimum absolute atomic E-state index is 0.0276. The van der Waals surface area contributed by atoms with Crippen molar-refractivity contribution in [3.63, 3.8) is 0 Å². The highest BCUT2D eigenvalue weighted by Crippen LogP contribution is 2.38. The van der Waals surface area contributed by atoms with Gasteiger partial charge in [-0.1, -0.05) is 23.8 Å². The summed E-state index contributed by atoms with van der Waals surface area (Å²) in [5, 5.41) is 2.90. The van der Waals surface area contributed by atoms with E-state index < -0.39 is 6.04 Å². The Morgan fingerprint density at radius 1 is 1.12 bits per heavy atom. The SMILES string of the molecule is O=C(CC1C(=O)N(CCC2=CCCCC2)c2nc3ccccc3n21)Nc1ccc2c(c1)OCO2. The number of ether oxygens (including phenoxy) is 2. The molecule has 3 aromatic rings. The van der Waals surface area contributed by atoms with Crippen LogP contribution in [0.2, 0.25) is 0 Å². The van der Waals surface area contributed by atoms with E-state index in [0.29, 0.717) is 29.7 Å². The van der Waals surface area contributed by atoms with E-state index in [1.807, 2.05) is 28.8 Å². The van der Waals surface area contributed by atoms with Crippen molar-refractivity contribution in [2.24, 2.45) is 0 Å². The number of anilines is 2. The van der Waals surface area contributed by atoms with Crippen molar-refractivity contribution in [2.75, 3.05) is 23.6 Å². The van der Waals surface area contributed by atoms with Gasteiger partial charge in [0.2, 0.25) is 18.6 Å². The number of nitrogens with zero attached hydrogens (tertiary/aromatic N) is 3. The van der Waals surface area contributed by atoms with Crippen LogP contribution in [0.15, 0.2) is 54.1 Å². The van der Waals surface area contributed by atoms with Crippen LogP contribution in [0.25, 0.3) is 11.0 Å². The van der Waals surface area contributed by atoms with E-state index in [1.165, 1.54) is 18.4 Å². The second-order valence-electron chi connectivity index (χ2n) is 8.95. The molecule has 0 saturated carbocycles. The van der Waals surface area contributed by atoms with Gasteiger partial charge in [0, 0.05) is 18.3 Å². The van der Waals surface area contributed by atoms with Crippen molar-refractivity contribution in [3.05, 3.63) is 54.1 Å². The topological polar surface area (TPSA) is 85.7 Å². The van der Waals surface area contributed by atoms with Gasteiger partial charge in [-0.25, -0.2) is 4.98 Å². The van der Waals surface area contributed by atoms with Crippen molar-refractivity contribution in [3.8, 4) is 11.5 Å². The van der Waals surface area contributed by atoms with E-state index in [1.54, 1.807) is 23.1 Å². The molecular formula is C26H26N4O4. The van der Waals surface area contributed by atoms with Gasteiger partial charge in [0.15, 0.2) is 11.5 Å². The Morgan fingerprint density at radius 2 is 2.00 bits per heavy atom. The lowest BCUT2D eigenvalue weighted by atomic mass is 9.97. The van der Waals surface area contributed by atoms with Crippen LogP contribution in [-0.4, -0.2) is 34.7 Å².